The van der Waals surface area contributed by atoms with Crippen LogP contribution in [0, 0.1) is 0 Å². The zero-order valence-corrected chi connectivity index (χ0v) is 10.2. The summed E-state index contributed by atoms with van der Waals surface area (Å²) in [5.41, 5.74) is 4.09. The molecule has 0 saturated heterocycles. The van der Waals surface area contributed by atoms with Crippen molar-refractivity contribution in [2.24, 2.45) is 0 Å². The second-order valence-corrected chi connectivity index (χ2v) is 4.42. The second-order valence-electron chi connectivity index (χ2n) is 4.42. The molecule has 3 heteroatoms. The lowest BCUT2D eigenvalue weighted by Gasteiger charge is -2.24. The van der Waals surface area contributed by atoms with Crippen molar-refractivity contribution < 1.29 is 0 Å². The Kier molecular flexibility index (Phi) is 3.78. The highest BCUT2D eigenvalue weighted by molar-refractivity contribution is 5.55. The molecule has 0 amide bonds. The van der Waals surface area contributed by atoms with Crippen LogP contribution in [0.4, 0.5) is 5.69 Å². The fourth-order valence-electron chi connectivity index (χ4n) is 2.47. The molecule has 2 rings (SSSR count). The number of anilines is 1. The number of fused-ring (bicyclic) bond motifs is 1. The number of pyridine rings is 1. The van der Waals surface area contributed by atoms with Crippen LogP contribution in [-0.2, 0) is 6.42 Å². The third-order valence-electron chi connectivity index (χ3n) is 3.31. The maximum Gasteiger partial charge on any atom is 0.0562 e. The van der Waals surface area contributed by atoms with Gasteiger partial charge in [-0.05, 0) is 37.4 Å². The van der Waals surface area contributed by atoms with Crippen LogP contribution in [0.25, 0.3) is 0 Å². The Morgan fingerprint density at radius 3 is 3.12 bits per heavy atom. The average molecular weight is 219 g/mol. The summed E-state index contributed by atoms with van der Waals surface area (Å²) in [6.45, 7) is 3.31. The Morgan fingerprint density at radius 1 is 1.50 bits per heavy atom. The molecule has 0 aliphatic carbocycles. The highest BCUT2D eigenvalue weighted by atomic mass is 14.9. The van der Waals surface area contributed by atoms with Crippen LogP contribution in [0.3, 0.4) is 0 Å². The average Bonchev–Trinajstić information content (AvgIpc) is 2.35. The summed E-state index contributed by atoms with van der Waals surface area (Å²) in [5, 5.41) is 6.84. The molecule has 0 bridgehead atoms. The molecule has 0 unspecified atom stereocenters. The molecule has 1 aliphatic heterocycles. The Bertz CT molecular complexity index is 349. The lowest BCUT2D eigenvalue weighted by molar-refractivity contribution is 0.534. The summed E-state index contributed by atoms with van der Waals surface area (Å²) in [4.78, 5) is 4.35. The van der Waals surface area contributed by atoms with Gasteiger partial charge in [-0.15, -0.1) is 0 Å². The van der Waals surface area contributed by atoms with Gasteiger partial charge in [0.2, 0.25) is 0 Å². The molecule has 0 fully saturated rings. The summed E-state index contributed by atoms with van der Waals surface area (Å²) >= 11 is 0. The molecule has 1 aromatic rings. The predicted octanol–water partition coefficient (Wildman–Crippen LogP) is 2.50. The number of hydrogen-bond acceptors (Lipinski definition) is 3. The van der Waals surface area contributed by atoms with E-state index >= 15 is 0 Å². The summed E-state index contributed by atoms with van der Waals surface area (Å²) in [6.07, 6.45) is 8.77. The van der Waals surface area contributed by atoms with E-state index in [1.807, 2.05) is 19.4 Å². The first kappa shape index (κ1) is 11.4. The van der Waals surface area contributed by atoms with Gasteiger partial charge in [-0.25, -0.2) is 0 Å². The Hall–Kier alpha value is -1.09. The molecule has 16 heavy (non-hydrogen) atoms. The van der Waals surface area contributed by atoms with Crippen LogP contribution >= 0.6 is 0 Å². The van der Waals surface area contributed by atoms with E-state index in [-0.39, 0.29) is 0 Å². The van der Waals surface area contributed by atoms with E-state index in [1.54, 1.807) is 0 Å². The zero-order valence-electron chi connectivity index (χ0n) is 10.2. The molecule has 0 spiro atoms. The van der Waals surface area contributed by atoms with Gasteiger partial charge in [-0.2, -0.15) is 0 Å². The van der Waals surface area contributed by atoms with Crippen molar-refractivity contribution in [2.75, 3.05) is 18.9 Å². The molecule has 2 N–H and O–H groups in total. The standard InChI is InChI=1S/C13H21N3/c1-3-5-12(14-2)11-8-15-9-13-10(11)6-4-7-16-13/h8-9,12,14,16H,3-7H2,1-2H3/t12-/m0/s1. The maximum absolute atomic E-state index is 4.35. The Balaban J connectivity index is 2.31. The van der Waals surface area contributed by atoms with Gasteiger partial charge in [0.1, 0.15) is 0 Å². The third kappa shape index (κ3) is 2.19. The van der Waals surface area contributed by atoms with Crippen LogP contribution < -0.4 is 10.6 Å². The lowest BCUT2D eigenvalue weighted by Crippen LogP contribution is -2.21. The summed E-state index contributed by atoms with van der Waals surface area (Å²) in [7, 11) is 2.04. The number of aromatic nitrogens is 1. The highest BCUT2D eigenvalue weighted by Gasteiger charge is 2.18. The van der Waals surface area contributed by atoms with Crippen LogP contribution in [0.5, 0.6) is 0 Å². The quantitative estimate of drug-likeness (QED) is 0.817. The van der Waals surface area contributed by atoms with Gasteiger partial charge in [-0.1, -0.05) is 13.3 Å². The molecule has 3 nitrogen and oxygen atoms in total. The molecular formula is C13H21N3. The SMILES string of the molecule is CCC[C@H](NC)c1cncc2c1CCCN2. The minimum absolute atomic E-state index is 0.451. The lowest BCUT2D eigenvalue weighted by atomic mass is 9.93. The topological polar surface area (TPSA) is 37.0 Å². The largest absolute Gasteiger partial charge is 0.384 e. The minimum atomic E-state index is 0.451. The van der Waals surface area contributed by atoms with Crippen LogP contribution in [0.1, 0.15) is 43.4 Å². The zero-order chi connectivity index (χ0) is 11.4. The van der Waals surface area contributed by atoms with Crippen molar-refractivity contribution >= 4 is 5.69 Å². The Morgan fingerprint density at radius 2 is 2.38 bits per heavy atom. The Labute approximate surface area is 97.7 Å². The number of nitrogens with one attached hydrogen (secondary N) is 2. The van der Waals surface area contributed by atoms with Crippen molar-refractivity contribution in [1.29, 1.82) is 0 Å². The smallest absolute Gasteiger partial charge is 0.0562 e. The number of nitrogens with zero attached hydrogens (tertiary/aromatic N) is 1. The second kappa shape index (κ2) is 5.30. The van der Waals surface area contributed by atoms with Gasteiger partial charge in [0.15, 0.2) is 0 Å². The number of rotatable bonds is 4. The van der Waals surface area contributed by atoms with E-state index in [0.29, 0.717) is 6.04 Å². The van der Waals surface area contributed by atoms with Crippen LogP contribution in [0.15, 0.2) is 12.4 Å². The first-order valence-electron chi connectivity index (χ1n) is 6.24. The van der Waals surface area contributed by atoms with E-state index in [9.17, 15) is 0 Å². The first-order chi connectivity index (χ1) is 7.86. The van der Waals surface area contributed by atoms with E-state index in [2.05, 4.69) is 22.5 Å². The molecule has 0 radical (unpaired) electrons. The molecule has 2 heterocycles. The predicted molar refractivity (Wildman–Crippen MR) is 67.8 cm³/mol. The van der Waals surface area contributed by atoms with Gasteiger partial charge in [-0.3, -0.25) is 4.98 Å². The van der Waals surface area contributed by atoms with Crippen LogP contribution in [0.2, 0.25) is 0 Å². The molecule has 0 aromatic carbocycles. The van der Waals surface area contributed by atoms with Crippen LogP contribution in [-0.4, -0.2) is 18.6 Å². The van der Waals surface area contributed by atoms with Crippen molar-refractivity contribution in [3.8, 4) is 0 Å². The first-order valence-corrected chi connectivity index (χ1v) is 6.24. The van der Waals surface area contributed by atoms with Crippen molar-refractivity contribution in [2.45, 2.75) is 38.6 Å². The molecule has 1 atom stereocenters. The van der Waals surface area contributed by atoms with E-state index < -0.39 is 0 Å². The normalized spacial score (nSPS) is 16.4. The third-order valence-corrected chi connectivity index (χ3v) is 3.31. The minimum Gasteiger partial charge on any atom is -0.384 e. The van der Waals surface area contributed by atoms with E-state index in [1.165, 1.54) is 42.5 Å². The molecule has 0 saturated carbocycles. The van der Waals surface area contributed by atoms with Gasteiger partial charge in [0.05, 0.1) is 11.9 Å². The fourth-order valence-corrected chi connectivity index (χ4v) is 2.47. The van der Waals surface area contributed by atoms with Crippen molar-refractivity contribution in [3.05, 3.63) is 23.5 Å². The summed E-state index contributed by atoms with van der Waals surface area (Å²) < 4.78 is 0. The van der Waals surface area contributed by atoms with Gasteiger partial charge in [0.25, 0.3) is 0 Å². The molecule has 1 aromatic heterocycles. The number of hydrogen-bond donors (Lipinski definition) is 2. The van der Waals surface area contributed by atoms with Crippen molar-refractivity contribution in [3.63, 3.8) is 0 Å². The summed E-state index contributed by atoms with van der Waals surface area (Å²) in [6, 6.07) is 0.451. The van der Waals surface area contributed by atoms with Gasteiger partial charge in [0, 0.05) is 18.8 Å². The van der Waals surface area contributed by atoms with Crippen molar-refractivity contribution in [1.82, 2.24) is 10.3 Å². The maximum atomic E-state index is 4.35. The molecule has 1 aliphatic rings. The van der Waals surface area contributed by atoms with E-state index in [4.69, 9.17) is 0 Å². The molecule has 88 valence electrons. The monoisotopic (exact) mass is 219 g/mol. The highest BCUT2D eigenvalue weighted by Crippen LogP contribution is 2.29. The summed E-state index contributed by atoms with van der Waals surface area (Å²) in [5.74, 6) is 0. The van der Waals surface area contributed by atoms with E-state index in [0.717, 1.165) is 6.54 Å². The fraction of sp³-hybridized carbons (Fsp3) is 0.615. The van der Waals surface area contributed by atoms with Gasteiger partial charge >= 0.3 is 0 Å². The van der Waals surface area contributed by atoms with Gasteiger partial charge < -0.3 is 10.6 Å². The molecular weight excluding hydrogens is 198 g/mol.